The van der Waals surface area contributed by atoms with Gasteiger partial charge in [0.05, 0.1) is 16.0 Å². The maximum absolute atomic E-state index is 11.3. The summed E-state index contributed by atoms with van der Waals surface area (Å²) in [6.07, 6.45) is 0. The van der Waals surface area contributed by atoms with Gasteiger partial charge in [-0.2, -0.15) is 4.98 Å². The van der Waals surface area contributed by atoms with Crippen molar-refractivity contribution < 1.29 is 4.92 Å². The first kappa shape index (κ1) is 14.7. The first-order valence-electron chi connectivity index (χ1n) is 7.00. The third kappa shape index (κ3) is 2.52. The second-order valence-corrected chi connectivity index (χ2v) is 5.14. The molecule has 0 amide bonds. The van der Waals surface area contributed by atoms with E-state index in [0.29, 0.717) is 16.9 Å². The molecule has 1 aromatic heterocycles. The third-order valence-electron chi connectivity index (χ3n) is 3.69. The van der Waals surface area contributed by atoms with Crippen molar-refractivity contribution in [1.29, 1.82) is 0 Å². The smallest absolute Gasteiger partial charge is 0.277 e. The quantitative estimate of drug-likeness (QED) is 0.568. The molecule has 3 aromatic rings. The number of nitrogen functional groups attached to an aromatic ring is 1. The lowest BCUT2D eigenvalue weighted by Crippen LogP contribution is -2.01. The van der Waals surface area contributed by atoms with Gasteiger partial charge in [-0.3, -0.25) is 10.1 Å². The van der Waals surface area contributed by atoms with Crippen LogP contribution in [0.2, 0.25) is 0 Å². The average molecular weight is 309 g/mol. The molecule has 3 N–H and O–H groups in total. The molecule has 0 saturated heterocycles. The predicted molar refractivity (Wildman–Crippen MR) is 90.3 cm³/mol. The lowest BCUT2D eigenvalue weighted by atomic mass is 9.97. The monoisotopic (exact) mass is 309 g/mol. The summed E-state index contributed by atoms with van der Waals surface area (Å²) in [5, 5.41) is 15.1. The zero-order chi connectivity index (χ0) is 16.6. The Morgan fingerprint density at radius 3 is 2.70 bits per heavy atom. The van der Waals surface area contributed by atoms with Gasteiger partial charge in [-0.1, -0.05) is 18.2 Å². The number of nitrogens with one attached hydrogen (secondary N) is 1. The third-order valence-corrected chi connectivity index (χ3v) is 3.69. The number of hydrogen-bond acceptors (Lipinski definition) is 6. The van der Waals surface area contributed by atoms with Gasteiger partial charge in [0.15, 0.2) is 0 Å². The van der Waals surface area contributed by atoms with E-state index in [-0.39, 0.29) is 16.6 Å². The molecule has 23 heavy (non-hydrogen) atoms. The van der Waals surface area contributed by atoms with E-state index >= 15 is 0 Å². The summed E-state index contributed by atoms with van der Waals surface area (Å²) in [4.78, 5) is 19.3. The molecule has 0 spiro atoms. The van der Waals surface area contributed by atoms with E-state index in [2.05, 4.69) is 15.3 Å². The Bertz CT molecular complexity index is 924. The van der Waals surface area contributed by atoms with Gasteiger partial charge in [0.2, 0.25) is 5.95 Å². The van der Waals surface area contributed by atoms with Gasteiger partial charge < -0.3 is 11.1 Å². The first-order chi connectivity index (χ1) is 11.0. The van der Waals surface area contributed by atoms with Crippen molar-refractivity contribution in [3.8, 4) is 11.1 Å². The summed E-state index contributed by atoms with van der Waals surface area (Å²) in [5.41, 5.74) is 8.57. The summed E-state index contributed by atoms with van der Waals surface area (Å²) >= 11 is 0. The summed E-state index contributed by atoms with van der Waals surface area (Å²) in [6.45, 7) is 1.85. The van der Waals surface area contributed by atoms with Crippen molar-refractivity contribution in [2.24, 2.45) is 0 Å². The molecule has 0 bridgehead atoms. The predicted octanol–water partition coefficient (Wildman–Crippen LogP) is 3.14. The van der Waals surface area contributed by atoms with Crippen LogP contribution >= 0.6 is 0 Å². The Labute approximate surface area is 132 Å². The number of rotatable bonds is 3. The van der Waals surface area contributed by atoms with Crippen molar-refractivity contribution >= 4 is 28.4 Å². The zero-order valence-electron chi connectivity index (χ0n) is 12.7. The fourth-order valence-corrected chi connectivity index (χ4v) is 2.67. The molecule has 0 unspecified atom stereocenters. The summed E-state index contributed by atoms with van der Waals surface area (Å²) < 4.78 is 0. The molecular weight excluding hydrogens is 294 g/mol. The van der Waals surface area contributed by atoms with Crippen molar-refractivity contribution in [2.75, 3.05) is 18.1 Å². The van der Waals surface area contributed by atoms with Gasteiger partial charge in [-0.05, 0) is 30.2 Å². The average Bonchev–Trinajstić information content (AvgIpc) is 2.53. The lowest BCUT2D eigenvalue weighted by Gasteiger charge is -2.10. The Kier molecular flexibility index (Phi) is 3.53. The van der Waals surface area contributed by atoms with Crippen LogP contribution in [-0.2, 0) is 0 Å². The molecule has 0 radical (unpaired) electrons. The fourth-order valence-electron chi connectivity index (χ4n) is 2.67. The van der Waals surface area contributed by atoms with Gasteiger partial charge in [0.1, 0.15) is 5.82 Å². The Hall–Kier alpha value is -3.22. The molecule has 0 aliphatic heterocycles. The van der Waals surface area contributed by atoms with Gasteiger partial charge in [-0.15, -0.1) is 0 Å². The number of anilines is 2. The van der Waals surface area contributed by atoms with Crippen LogP contribution in [0.15, 0.2) is 36.4 Å². The molecule has 0 saturated carbocycles. The van der Waals surface area contributed by atoms with Crippen LogP contribution in [0.1, 0.15) is 5.56 Å². The highest BCUT2D eigenvalue weighted by Crippen LogP contribution is 2.35. The second-order valence-electron chi connectivity index (χ2n) is 5.14. The van der Waals surface area contributed by atoms with Crippen molar-refractivity contribution in [3.63, 3.8) is 0 Å². The van der Waals surface area contributed by atoms with Crippen LogP contribution in [0.25, 0.3) is 22.0 Å². The fraction of sp³-hybridized carbons (Fsp3) is 0.125. The minimum Gasteiger partial charge on any atom is -0.372 e. The molecule has 1 heterocycles. The number of fused-ring (bicyclic) bond motifs is 1. The molecule has 0 aliphatic rings. The SMILES string of the molecule is CNc1nc(N)nc2cc(-c3c(C)cccc3[N+](=O)[O-])ccc12. The second kappa shape index (κ2) is 5.53. The molecule has 3 rings (SSSR count). The van der Waals surface area contributed by atoms with Crippen LogP contribution in [0.4, 0.5) is 17.5 Å². The van der Waals surface area contributed by atoms with E-state index in [1.165, 1.54) is 6.07 Å². The minimum absolute atomic E-state index is 0.0696. The molecule has 7 nitrogen and oxygen atoms in total. The van der Waals surface area contributed by atoms with Gasteiger partial charge in [-0.25, -0.2) is 4.98 Å². The van der Waals surface area contributed by atoms with E-state index < -0.39 is 0 Å². The van der Waals surface area contributed by atoms with Crippen LogP contribution < -0.4 is 11.1 Å². The lowest BCUT2D eigenvalue weighted by molar-refractivity contribution is -0.384. The van der Waals surface area contributed by atoms with Crippen LogP contribution in [0.5, 0.6) is 0 Å². The molecular formula is C16H15N5O2. The van der Waals surface area contributed by atoms with Crippen molar-refractivity contribution in [3.05, 3.63) is 52.1 Å². The number of nitro groups is 1. The molecule has 0 aliphatic carbocycles. The molecule has 0 atom stereocenters. The number of hydrogen-bond donors (Lipinski definition) is 2. The highest BCUT2D eigenvalue weighted by atomic mass is 16.6. The normalized spacial score (nSPS) is 10.7. The van der Waals surface area contributed by atoms with E-state index in [1.807, 2.05) is 25.1 Å². The highest BCUT2D eigenvalue weighted by molar-refractivity contribution is 5.94. The summed E-state index contributed by atoms with van der Waals surface area (Å²) in [6, 6.07) is 10.5. The largest absolute Gasteiger partial charge is 0.372 e. The van der Waals surface area contributed by atoms with Crippen LogP contribution in [0.3, 0.4) is 0 Å². The Morgan fingerprint density at radius 2 is 2.00 bits per heavy atom. The van der Waals surface area contributed by atoms with Crippen LogP contribution in [-0.4, -0.2) is 21.9 Å². The summed E-state index contributed by atoms with van der Waals surface area (Å²) in [5.74, 6) is 0.775. The molecule has 116 valence electrons. The maximum Gasteiger partial charge on any atom is 0.277 e. The van der Waals surface area contributed by atoms with Crippen LogP contribution in [0, 0.1) is 17.0 Å². The molecule has 2 aromatic carbocycles. The maximum atomic E-state index is 11.3. The Morgan fingerprint density at radius 1 is 1.22 bits per heavy atom. The minimum atomic E-state index is -0.375. The van der Waals surface area contributed by atoms with E-state index in [9.17, 15) is 10.1 Å². The van der Waals surface area contributed by atoms with Gasteiger partial charge in [0, 0.05) is 18.5 Å². The van der Waals surface area contributed by atoms with Crippen molar-refractivity contribution in [1.82, 2.24) is 9.97 Å². The zero-order valence-corrected chi connectivity index (χ0v) is 12.7. The number of nitrogens with two attached hydrogens (primary N) is 1. The van der Waals surface area contributed by atoms with E-state index in [0.717, 1.165) is 16.5 Å². The summed E-state index contributed by atoms with van der Waals surface area (Å²) in [7, 11) is 1.75. The molecule has 7 heteroatoms. The highest BCUT2D eigenvalue weighted by Gasteiger charge is 2.18. The van der Waals surface area contributed by atoms with E-state index in [4.69, 9.17) is 5.73 Å². The number of nitro benzene ring substituents is 1. The number of benzene rings is 2. The Balaban J connectivity index is 2.29. The number of aromatic nitrogens is 2. The standard InChI is InChI=1S/C16H15N5O2/c1-9-4-3-5-13(21(22)23)14(9)10-6-7-11-12(8-10)19-16(17)20-15(11)18-2/h3-8H,1-2H3,(H3,17,18,19,20). The van der Waals surface area contributed by atoms with Gasteiger partial charge >= 0.3 is 0 Å². The van der Waals surface area contributed by atoms with Crippen molar-refractivity contribution in [2.45, 2.75) is 6.92 Å². The van der Waals surface area contributed by atoms with Gasteiger partial charge in [0.25, 0.3) is 5.69 Å². The number of aryl methyl sites for hydroxylation is 1. The molecule has 0 fully saturated rings. The van der Waals surface area contributed by atoms with E-state index in [1.54, 1.807) is 19.2 Å². The first-order valence-corrected chi connectivity index (χ1v) is 7.00. The number of nitrogens with zero attached hydrogens (tertiary/aromatic N) is 3. The topological polar surface area (TPSA) is 107 Å².